The average Bonchev–Trinajstić information content (AvgIpc) is 2.47. The molecular formula is C16H29N3O. The fourth-order valence-corrected chi connectivity index (χ4v) is 2.89. The molecule has 0 aromatic heterocycles. The second-order valence-electron chi connectivity index (χ2n) is 5.66. The van der Waals surface area contributed by atoms with E-state index in [0.29, 0.717) is 12.6 Å². The number of piperidine rings is 1. The Hall–Kier alpha value is -1.05. The third kappa shape index (κ3) is 4.50. The molecule has 2 N–H and O–H groups in total. The molecule has 1 heterocycles. The molecule has 4 heteroatoms. The van der Waals surface area contributed by atoms with Crippen molar-refractivity contribution in [2.75, 3.05) is 26.7 Å². The van der Waals surface area contributed by atoms with E-state index >= 15 is 0 Å². The van der Waals surface area contributed by atoms with Gasteiger partial charge in [0.15, 0.2) is 0 Å². The first kappa shape index (κ1) is 17.0. The Bertz CT molecular complexity index is 342. The van der Waals surface area contributed by atoms with Crippen LogP contribution in [0.1, 0.15) is 46.0 Å². The number of likely N-dealkylation sites (N-methyl/N-ethyl adjacent to an activating group) is 1. The number of likely N-dealkylation sites (tertiary alicyclic amines) is 1. The maximum atomic E-state index is 12.3. The van der Waals surface area contributed by atoms with Crippen LogP contribution in [-0.4, -0.2) is 49.1 Å². The standard InChI is InChI=1S/C16H29N3O/c1-5-16(6-2,7-3)18-15(20)13-19-11-9-8-10-14(19)12-17-4/h1,14,17H,6-13H2,2-4H3,(H,18,20). The highest BCUT2D eigenvalue weighted by molar-refractivity contribution is 5.79. The average molecular weight is 279 g/mol. The molecule has 0 aliphatic carbocycles. The van der Waals surface area contributed by atoms with Gasteiger partial charge in [-0.3, -0.25) is 9.69 Å². The highest BCUT2D eigenvalue weighted by atomic mass is 16.2. The molecule has 1 fully saturated rings. The number of carbonyl (C=O) groups excluding carboxylic acids is 1. The number of carbonyl (C=O) groups is 1. The second-order valence-corrected chi connectivity index (χ2v) is 5.66. The zero-order chi connectivity index (χ0) is 15.0. The summed E-state index contributed by atoms with van der Waals surface area (Å²) in [6, 6.07) is 0.461. The van der Waals surface area contributed by atoms with Crippen LogP contribution >= 0.6 is 0 Å². The number of rotatable bonds is 7. The van der Waals surface area contributed by atoms with Crippen LogP contribution in [0.2, 0.25) is 0 Å². The maximum absolute atomic E-state index is 12.3. The van der Waals surface area contributed by atoms with Crippen molar-refractivity contribution in [3.63, 3.8) is 0 Å². The number of hydrogen-bond acceptors (Lipinski definition) is 3. The van der Waals surface area contributed by atoms with Gasteiger partial charge in [0.05, 0.1) is 6.54 Å². The van der Waals surface area contributed by atoms with Gasteiger partial charge in [0, 0.05) is 12.6 Å². The minimum absolute atomic E-state index is 0.0506. The lowest BCUT2D eigenvalue weighted by atomic mass is 9.94. The van der Waals surface area contributed by atoms with Crippen molar-refractivity contribution >= 4 is 5.91 Å². The molecule has 114 valence electrons. The van der Waals surface area contributed by atoms with Gasteiger partial charge in [0.25, 0.3) is 0 Å². The van der Waals surface area contributed by atoms with Crippen LogP contribution in [0.5, 0.6) is 0 Å². The molecule has 1 atom stereocenters. The minimum Gasteiger partial charge on any atom is -0.339 e. The second kappa shape index (κ2) is 8.28. The molecule has 0 radical (unpaired) electrons. The van der Waals surface area contributed by atoms with Crippen LogP contribution in [0, 0.1) is 12.3 Å². The molecule has 1 unspecified atom stereocenters. The highest BCUT2D eigenvalue weighted by Crippen LogP contribution is 2.17. The molecule has 0 saturated carbocycles. The van der Waals surface area contributed by atoms with E-state index in [2.05, 4.69) is 21.5 Å². The zero-order valence-electron chi connectivity index (χ0n) is 13.2. The maximum Gasteiger partial charge on any atom is 0.235 e. The van der Waals surface area contributed by atoms with Gasteiger partial charge >= 0.3 is 0 Å². The molecule has 1 amide bonds. The van der Waals surface area contributed by atoms with E-state index < -0.39 is 5.54 Å². The fraction of sp³-hybridized carbons (Fsp3) is 0.812. The molecule has 1 saturated heterocycles. The van der Waals surface area contributed by atoms with Crippen molar-refractivity contribution in [1.82, 2.24) is 15.5 Å². The monoisotopic (exact) mass is 279 g/mol. The third-order valence-corrected chi connectivity index (χ3v) is 4.40. The van der Waals surface area contributed by atoms with Gasteiger partial charge in [0.1, 0.15) is 5.54 Å². The molecule has 1 rings (SSSR count). The first-order chi connectivity index (χ1) is 9.60. The SMILES string of the molecule is C#CC(CC)(CC)NC(=O)CN1CCCCC1CNC. The predicted molar refractivity (Wildman–Crippen MR) is 83.4 cm³/mol. The van der Waals surface area contributed by atoms with E-state index in [9.17, 15) is 4.79 Å². The van der Waals surface area contributed by atoms with Crippen molar-refractivity contribution < 1.29 is 4.79 Å². The molecule has 1 aliphatic rings. The summed E-state index contributed by atoms with van der Waals surface area (Å²) in [6.45, 7) is 6.44. The van der Waals surface area contributed by atoms with Crippen LogP contribution in [0.4, 0.5) is 0 Å². The fourth-order valence-electron chi connectivity index (χ4n) is 2.89. The van der Waals surface area contributed by atoms with Crippen molar-refractivity contribution in [2.45, 2.75) is 57.5 Å². The molecule has 0 aromatic carbocycles. The summed E-state index contributed by atoms with van der Waals surface area (Å²) in [4.78, 5) is 14.6. The van der Waals surface area contributed by atoms with E-state index in [4.69, 9.17) is 6.42 Å². The van der Waals surface area contributed by atoms with Gasteiger partial charge in [0.2, 0.25) is 5.91 Å². The van der Waals surface area contributed by atoms with Crippen molar-refractivity contribution in [3.05, 3.63) is 0 Å². The van der Waals surface area contributed by atoms with Crippen LogP contribution in [0.3, 0.4) is 0 Å². The Morgan fingerprint density at radius 1 is 1.40 bits per heavy atom. The van der Waals surface area contributed by atoms with Gasteiger partial charge in [-0.2, -0.15) is 0 Å². The minimum atomic E-state index is -0.481. The van der Waals surface area contributed by atoms with E-state index in [1.165, 1.54) is 12.8 Å². The summed E-state index contributed by atoms with van der Waals surface area (Å²) in [5.41, 5.74) is -0.481. The van der Waals surface area contributed by atoms with Crippen molar-refractivity contribution in [3.8, 4) is 12.3 Å². The first-order valence-electron chi connectivity index (χ1n) is 7.78. The Morgan fingerprint density at radius 3 is 2.65 bits per heavy atom. The molecule has 4 nitrogen and oxygen atoms in total. The number of terminal acetylenes is 1. The quantitative estimate of drug-likeness (QED) is 0.692. The Kier molecular flexibility index (Phi) is 7.04. The lowest BCUT2D eigenvalue weighted by Crippen LogP contribution is -2.53. The van der Waals surface area contributed by atoms with Gasteiger partial charge in [-0.1, -0.05) is 26.2 Å². The smallest absolute Gasteiger partial charge is 0.235 e. The van der Waals surface area contributed by atoms with Crippen LogP contribution in [0.15, 0.2) is 0 Å². The number of nitrogens with zero attached hydrogens (tertiary/aromatic N) is 1. The summed E-state index contributed by atoms with van der Waals surface area (Å²) < 4.78 is 0. The molecule has 1 aliphatic heterocycles. The number of nitrogens with one attached hydrogen (secondary N) is 2. The highest BCUT2D eigenvalue weighted by Gasteiger charge is 2.28. The summed E-state index contributed by atoms with van der Waals surface area (Å²) >= 11 is 0. The largest absolute Gasteiger partial charge is 0.339 e. The Labute approximate surface area is 123 Å². The lowest BCUT2D eigenvalue weighted by molar-refractivity contribution is -0.124. The van der Waals surface area contributed by atoms with Gasteiger partial charge < -0.3 is 10.6 Å². The normalized spacial score (nSPS) is 20.4. The summed E-state index contributed by atoms with van der Waals surface area (Å²) in [5, 5.41) is 6.27. The number of hydrogen-bond donors (Lipinski definition) is 2. The third-order valence-electron chi connectivity index (χ3n) is 4.40. The molecule has 0 spiro atoms. The molecule has 0 aromatic rings. The van der Waals surface area contributed by atoms with E-state index in [-0.39, 0.29) is 5.91 Å². The van der Waals surface area contributed by atoms with E-state index in [1.807, 2.05) is 20.9 Å². The first-order valence-corrected chi connectivity index (χ1v) is 7.78. The van der Waals surface area contributed by atoms with Gasteiger partial charge in [-0.15, -0.1) is 6.42 Å². The summed E-state index contributed by atoms with van der Waals surface area (Å²) in [6.07, 6.45) is 10.7. The van der Waals surface area contributed by atoms with Crippen LogP contribution in [-0.2, 0) is 4.79 Å². The lowest BCUT2D eigenvalue weighted by Gasteiger charge is -2.36. The Balaban J connectivity index is 2.58. The molecule has 20 heavy (non-hydrogen) atoms. The molecule has 0 bridgehead atoms. The van der Waals surface area contributed by atoms with Crippen LogP contribution < -0.4 is 10.6 Å². The van der Waals surface area contributed by atoms with E-state index in [1.54, 1.807) is 0 Å². The predicted octanol–water partition coefficient (Wildman–Crippen LogP) is 1.37. The van der Waals surface area contributed by atoms with Crippen LogP contribution in [0.25, 0.3) is 0 Å². The summed E-state index contributed by atoms with van der Waals surface area (Å²) in [5.74, 6) is 2.81. The van der Waals surface area contributed by atoms with Crippen molar-refractivity contribution in [2.24, 2.45) is 0 Å². The van der Waals surface area contributed by atoms with Crippen molar-refractivity contribution in [1.29, 1.82) is 0 Å². The van der Waals surface area contributed by atoms with Gasteiger partial charge in [-0.05, 0) is 39.3 Å². The van der Waals surface area contributed by atoms with Gasteiger partial charge in [-0.25, -0.2) is 0 Å². The summed E-state index contributed by atoms with van der Waals surface area (Å²) in [7, 11) is 1.96. The Morgan fingerprint density at radius 2 is 2.10 bits per heavy atom. The zero-order valence-corrected chi connectivity index (χ0v) is 13.2. The topological polar surface area (TPSA) is 44.4 Å². The number of amides is 1. The van der Waals surface area contributed by atoms with E-state index in [0.717, 1.165) is 32.4 Å². The molecular weight excluding hydrogens is 250 g/mol.